The largest absolute Gasteiger partial charge is 0.320 e. The van der Waals surface area contributed by atoms with Crippen LogP contribution in [-0.4, -0.2) is 16.3 Å². The summed E-state index contributed by atoms with van der Waals surface area (Å²) in [5.74, 6) is 0. The van der Waals surface area contributed by atoms with Gasteiger partial charge in [0, 0.05) is 17.0 Å². The number of aryl methyl sites for hydroxylation is 1. The van der Waals surface area contributed by atoms with Crippen LogP contribution in [-0.2, 0) is 11.8 Å². The first kappa shape index (κ1) is 22.1. The summed E-state index contributed by atoms with van der Waals surface area (Å²) < 4.78 is 0. The van der Waals surface area contributed by atoms with Crippen LogP contribution >= 0.6 is 6.04 Å². The normalized spacial score (nSPS) is 18.8. The molecule has 2 aliphatic rings. The lowest BCUT2D eigenvalue weighted by Crippen LogP contribution is -2.34. The van der Waals surface area contributed by atoms with Crippen molar-refractivity contribution >= 4 is 34.1 Å². The van der Waals surface area contributed by atoms with E-state index in [9.17, 15) is 4.79 Å². The second-order valence-corrected chi connectivity index (χ2v) is 15.0. The first-order valence-electron chi connectivity index (χ1n) is 12.4. The van der Waals surface area contributed by atoms with Crippen molar-refractivity contribution in [3.8, 4) is 11.1 Å². The van der Waals surface area contributed by atoms with E-state index < -0.39 is 6.04 Å². The van der Waals surface area contributed by atoms with Crippen molar-refractivity contribution in [2.75, 3.05) is 0 Å². The summed E-state index contributed by atoms with van der Waals surface area (Å²) in [6.45, 7) is 2.06. The average molecular weight is 464 g/mol. The van der Waals surface area contributed by atoms with E-state index in [4.69, 9.17) is 11.8 Å². The highest BCUT2D eigenvalue weighted by atomic mass is 32.4. The number of hydrogen-bond donors (Lipinski definition) is 1. The Labute approximate surface area is 196 Å². The van der Waals surface area contributed by atoms with Gasteiger partial charge >= 0.3 is 0 Å². The lowest BCUT2D eigenvalue weighted by Gasteiger charge is -2.42. The number of aromatic amines is 1. The standard InChI is InChI=1S/C28H34NOPS/c1-20-17-18-24-25(19-20)27(30)29-28(26(24)21-11-5-2-6-12-21)31(32,22-13-7-3-8-14-22)23-15-9-4-10-16-23/h2,5-6,11-12,17-19,22-23H,3-4,7-10,13-16H2,1H3,(H,29,30). The van der Waals surface area contributed by atoms with Gasteiger partial charge in [-0.25, -0.2) is 0 Å². The molecule has 2 saturated carbocycles. The molecule has 1 heterocycles. The summed E-state index contributed by atoms with van der Waals surface area (Å²) in [6, 6.07) is 15.0. The van der Waals surface area contributed by atoms with Gasteiger partial charge in [0.2, 0.25) is 0 Å². The van der Waals surface area contributed by atoms with E-state index in [1.807, 2.05) is 6.07 Å². The first-order valence-corrected chi connectivity index (χ1v) is 15.3. The van der Waals surface area contributed by atoms with Crippen LogP contribution in [0.2, 0.25) is 0 Å². The highest BCUT2D eigenvalue weighted by Crippen LogP contribution is 2.63. The van der Waals surface area contributed by atoms with Crippen molar-refractivity contribution in [1.29, 1.82) is 0 Å². The summed E-state index contributed by atoms with van der Waals surface area (Å²) in [4.78, 5) is 16.9. The van der Waals surface area contributed by atoms with E-state index in [2.05, 4.69) is 54.4 Å². The maximum Gasteiger partial charge on any atom is 0.256 e. The Bertz CT molecular complexity index is 1180. The zero-order valence-electron chi connectivity index (χ0n) is 19.1. The third-order valence-corrected chi connectivity index (χ3v) is 14.4. The molecule has 0 aliphatic heterocycles. The molecule has 0 unspecified atom stereocenters. The summed E-state index contributed by atoms with van der Waals surface area (Å²) in [5.41, 5.74) is 5.82. The molecule has 2 fully saturated rings. The minimum Gasteiger partial charge on any atom is -0.320 e. The van der Waals surface area contributed by atoms with Gasteiger partial charge in [0.15, 0.2) is 0 Å². The number of fused-ring (bicyclic) bond motifs is 1. The van der Waals surface area contributed by atoms with Gasteiger partial charge in [-0.05, 0) is 60.9 Å². The first-order chi connectivity index (χ1) is 15.6. The van der Waals surface area contributed by atoms with Crippen molar-refractivity contribution in [3.63, 3.8) is 0 Å². The van der Waals surface area contributed by atoms with Crippen LogP contribution in [0.3, 0.4) is 0 Å². The molecule has 0 radical (unpaired) electrons. The van der Waals surface area contributed by atoms with Gasteiger partial charge in [-0.2, -0.15) is 0 Å². The predicted molar refractivity (Wildman–Crippen MR) is 142 cm³/mol. The summed E-state index contributed by atoms with van der Waals surface area (Å²) >= 11 is 6.89. The number of nitrogens with one attached hydrogen (secondary N) is 1. The van der Waals surface area contributed by atoms with Gasteiger partial charge < -0.3 is 4.98 Å². The molecule has 0 bridgehead atoms. The van der Waals surface area contributed by atoms with Crippen LogP contribution in [0.15, 0.2) is 53.3 Å². The fourth-order valence-corrected chi connectivity index (χ4v) is 12.3. The molecule has 3 aromatic rings. The lowest BCUT2D eigenvalue weighted by atomic mass is 9.99. The monoisotopic (exact) mass is 463 g/mol. The number of H-pyrrole nitrogens is 1. The van der Waals surface area contributed by atoms with Crippen molar-refractivity contribution < 1.29 is 0 Å². The predicted octanol–water partition coefficient (Wildman–Crippen LogP) is 7.27. The highest BCUT2D eigenvalue weighted by molar-refractivity contribution is 8.19. The number of aromatic nitrogens is 1. The molecular formula is C28H34NOPS. The minimum absolute atomic E-state index is 0.0409. The van der Waals surface area contributed by atoms with Crippen molar-refractivity contribution in [1.82, 2.24) is 4.98 Å². The molecule has 4 heteroatoms. The van der Waals surface area contributed by atoms with Crippen molar-refractivity contribution in [2.24, 2.45) is 0 Å². The molecule has 1 N–H and O–H groups in total. The molecule has 0 atom stereocenters. The Morgan fingerprint density at radius 2 is 1.41 bits per heavy atom. The van der Waals surface area contributed by atoms with Gasteiger partial charge in [0.1, 0.15) is 0 Å². The van der Waals surface area contributed by atoms with Gasteiger partial charge in [-0.1, -0.05) is 98.4 Å². The van der Waals surface area contributed by atoms with Gasteiger partial charge in [-0.15, -0.1) is 0 Å². The number of hydrogen-bond acceptors (Lipinski definition) is 2. The topological polar surface area (TPSA) is 32.9 Å². The third-order valence-electron chi connectivity index (χ3n) is 7.80. The number of benzene rings is 2. The average Bonchev–Trinajstić information content (AvgIpc) is 2.85. The van der Waals surface area contributed by atoms with E-state index in [0.717, 1.165) is 21.8 Å². The molecule has 168 valence electrons. The Morgan fingerprint density at radius 3 is 2.00 bits per heavy atom. The summed E-state index contributed by atoms with van der Waals surface area (Å²) in [5, 5.41) is 1.86. The molecule has 1 aromatic heterocycles. The van der Waals surface area contributed by atoms with E-state index >= 15 is 0 Å². The van der Waals surface area contributed by atoms with Crippen LogP contribution in [0.25, 0.3) is 21.9 Å². The Kier molecular flexibility index (Phi) is 6.41. The van der Waals surface area contributed by atoms with Crippen molar-refractivity contribution in [2.45, 2.75) is 82.4 Å². The van der Waals surface area contributed by atoms with Crippen LogP contribution in [0.4, 0.5) is 0 Å². The van der Waals surface area contributed by atoms with E-state index in [-0.39, 0.29) is 5.56 Å². The van der Waals surface area contributed by atoms with Gasteiger partial charge in [0.25, 0.3) is 5.56 Å². The number of rotatable bonds is 4. The molecule has 0 spiro atoms. The van der Waals surface area contributed by atoms with E-state index in [1.54, 1.807) is 0 Å². The van der Waals surface area contributed by atoms with Crippen LogP contribution < -0.4 is 11.0 Å². The smallest absolute Gasteiger partial charge is 0.256 e. The molecule has 0 saturated heterocycles. The maximum absolute atomic E-state index is 13.5. The second kappa shape index (κ2) is 9.27. The molecule has 5 rings (SSSR count). The third kappa shape index (κ3) is 3.93. The number of pyridine rings is 1. The Morgan fingerprint density at radius 1 is 0.812 bits per heavy atom. The molecular weight excluding hydrogens is 429 g/mol. The van der Waals surface area contributed by atoms with Gasteiger partial charge in [-0.3, -0.25) is 4.79 Å². The van der Waals surface area contributed by atoms with Crippen LogP contribution in [0, 0.1) is 6.92 Å². The zero-order chi connectivity index (χ0) is 22.1. The SMILES string of the molecule is Cc1ccc2c(-c3ccccc3)c(P(=S)(C3CCCCC3)C3CCCCC3)[nH]c(=O)c2c1. The van der Waals surface area contributed by atoms with E-state index in [1.165, 1.54) is 75.3 Å². The van der Waals surface area contributed by atoms with Crippen molar-refractivity contribution in [3.05, 3.63) is 64.4 Å². The summed E-state index contributed by atoms with van der Waals surface area (Å²) in [6.07, 6.45) is 12.7. The molecule has 2 aliphatic carbocycles. The zero-order valence-corrected chi connectivity index (χ0v) is 20.8. The molecule has 0 amide bonds. The minimum atomic E-state index is -1.99. The van der Waals surface area contributed by atoms with E-state index in [0.29, 0.717) is 11.3 Å². The quantitative estimate of drug-likeness (QED) is 0.413. The Hall–Kier alpha value is -1.70. The van der Waals surface area contributed by atoms with Crippen LogP contribution in [0.1, 0.15) is 69.8 Å². The highest BCUT2D eigenvalue weighted by Gasteiger charge is 2.41. The van der Waals surface area contributed by atoms with Crippen LogP contribution in [0.5, 0.6) is 0 Å². The molecule has 2 aromatic carbocycles. The fraction of sp³-hybridized carbons (Fsp3) is 0.464. The maximum atomic E-state index is 13.5. The molecule has 2 nitrogen and oxygen atoms in total. The summed E-state index contributed by atoms with van der Waals surface area (Å²) in [7, 11) is 0. The second-order valence-electron chi connectivity index (χ2n) is 9.89. The lowest BCUT2D eigenvalue weighted by molar-refractivity contribution is 0.486. The fourth-order valence-electron chi connectivity index (χ4n) is 6.18. The Balaban J connectivity index is 1.83. The van der Waals surface area contributed by atoms with Gasteiger partial charge in [0.05, 0.1) is 5.44 Å². The molecule has 32 heavy (non-hydrogen) atoms.